The van der Waals surface area contributed by atoms with Crippen molar-refractivity contribution in [1.29, 1.82) is 0 Å². The molecule has 0 bridgehead atoms. The van der Waals surface area contributed by atoms with Crippen LogP contribution in [0.15, 0.2) is 54.7 Å². The Balaban J connectivity index is 1.69. The molecule has 0 atom stereocenters. The van der Waals surface area contributed by atoms with E-state index in [4.69, 9.17) is 21.7 Å². The highest BCUT2D eigenvalue weighted by molar-refractivity contribution is 7.71. The van der Waals surface area contributed by atoms with E-state index in [0.29, 0.717) is 28.4 Å². The minimum atomic E-state index is -0.518. The number of methoxy groups -OCH3 is 1. The van der Waals surface area contributed by atoms with E-state index in [1.807, 2.05) is 30.3 Å². The van der Waals surface area contributed by atoms with E-state index in [1.54, 1.807) is 22.8 Å². The third-order valence-electron chi connectivity index (χ3n) is 4.49. The molecule has 3 N–H and O–H groups in total. The van der Waals surface area contributed by atoms with Crippen LogP contribution in [0.2, 0.25) is 0 Å². The average molecular weight is 441 g/mol. The first-order valence-electron chi connectivity index (χ1n) is 9.82. The summed E-state index contributed by atoms with van der Waals surface area (Å²) in [6, 6.07) is 14.0. The Bertz CT molecular complexity index is 1110. The molecular formula is C22H24N4O4S. The zero-order chi connectivity index (χ0) is 22.2. The second-order valence-electron chi connectivity index (χ2n) is 6.63. The van der Waals surface area contributed by atoms with E-state index in [9.17, 15) is 9.59 Å². The van der Waals surface area contributed by atoms with Gasteiger partial charge in [-0.2, -0.15) is 0 Å². The maximum atomic E-state index is 12.7. The highest BCUT2D eigenvalue weighted by Crippen LogP contribution is 2.28. The predicted octanol–water partition coefficient (Wildman–Crippen LogP) is 3.80. The summed E-state index contributed by atoms with van der Waals surface area (Å²) in [5.41, 5.74) is 6.13. The van der Waals surface area contributed by atoms with Crippen molar-refractivity contribution in [2.75, 3.05) is 13.7 Å². The van der Waals surface area contributed by atoms with Crippen LogP contribution in [0.5, 0.6) is 11.5 Å². The molecule has 0 fully saturated rings. The smallest absolute Gasteiger partial charge is 0.288 e. The Hall–Kier alpha value is -3.59. The molecule has 8 nitrogen and oxygen atoms in total. The van der Waals surface area contributed by atoms with E-state index in [1.165, 1.54) is 13.3 Å². The molecule has 162 valence electrons. The number of unbranched alkanes of at least 4 members (excludes halogenated alkanes) is 1. The largest absolute Gasteiger partial charge is 0.493 e. The monoisotopic (exact) mass is 440 g/mol. The molecule has 2 aromatic carbocycles. The molecular weight excluding hydrogens is 416 g/mol. The van der Waals surface area contributed by atoms with E-state index in [-0.39, 0.29) is 5.69 Å². The molecule has 9 heteroatoms. The van der Waals surface area contributed by atoms with Crippen molar-refractivity contribution in [2.45, 2.75) is 19.8 Å². The Kier molecular flexibility index (Phi) is 7.45. The van der Waals surface area contributed by atoms with Gasteiger partial charge in [0.2, 0.25) is 0 Å². The SMILES string of the molecule is CCCCOc1ccc(C(=O)NNC(=O)c2c[nH]c(=S)n2-c2ccccc2)cc1OC. The zero-order valence-electron chi connectivity index (χ0n) is 17.3. The summed E-state index contributed by atoms with van der Waals surface area (Å²) < 4.78 is 12.9. The number of carbonyl (C=O) groups excluding carboxylic acids is 2. The minimum absolute atomic E-state index is 0.258. The Morgan fingerprint density at radius 2 is 1.81 bits per heavy atom. The molecule has 0 unspecified atom stereocenters. The molecule has 0 aliphatic heterocycles. The van der Waals surface area contributed by atoms with Gasteiger partial charge in [0.15, 0.2) is 16.3 Å². The van der Waals surface area contributed by atoms with Crippen LogP contribution in [0, 0.1) is 4.77 Å². The van der Waals surface area contributed by atoms with Gasteiger partial charge in [-0.1, -0.05) is 31.5 Å². The number of hydrogen-bond acceptors (Lipinski definition) is 5. The maximum absolute atomic E-state index is 12.7. The number of aromatic nitrogens is 2. The van der Waals surface area contributed by atoms with Crippen LogP contribution in [0.4, 0.5) is 0 Å². The minimum Gasteiger partial charge on any atom is -0.493 e. The van der Waals surface area contributed by atoms with Gasteiger partial charge in [-0.15, -0.1) is 0 Å². The van der Waals surface area contributed by atoms with Crippen LogP contribution in [-0.2, 0) is 0 Å². The van der Waals surface area contributed by atoms with E-state index in [2.05, 4.69) is 22.8 Å². The lowest BCUT2D eigenvalue weighted by Crippen LogP contribution is -2.42. The third-order valence-corrected chi connectivity index (χ3v) is 4.79. The van der Waals surface area contributed by atoms with E-state index < -0.39 is 11.8 Å². The number of benzene rings is 2. The number of carbonyl (C=O) groups is 2. The lowest BCUT2D eigenvalue weighted by Gasteiger charge is -2.13. The highest BCUT2D eigenvalue weighted by atomic mass is 32.1. The fourth-order valence-corrected chi connectivity index (χ4v) is 3.14. The van der Waals surface area contributed by atoms with Gasteiger partial charge in [0.25, 0.3) is 11.8 Å². The summed E-state index contributed by atoms with van der Waals surface area (Å²) in [7, 11) is 1.51. The van der Waals surface area contributed by atoms with Gasteiger partial charge >= 0.3 is 0 Å². The van der Waals surface area contributed by atoms with Crippen molar-refractivity contribution >= 4 is 24.0 Å². The van der Waals surface area contributed by atoms with E-state index in [0.717, 1.165) is 18.5 Å². The number of amides is 2. The number of hydrazine groups is 1. The summed E-state index contributed by atoms with van der Waals surface area (Å²) in [5, 5.41) is 0. The number of ether oxygens (including phenoxy) is 2. The molecule has 3 rings (SSSR count). The number of para-hydroxylation sites is 1. The first-order chi connectivity index (χ1) is 15.0. The van der Waals surface area contributed by atoms with Crippen molar-refractivity contribution in [2.24, 2.45) is 0 Å². The standard InChI is InChI=1S/C22H24N4O4S/c1-3-4-12-30-18-11-10-15(13-19(18)29-2)20(27)24-25-21(28)17-14-23-22(31)26(17)16-8-6-5-7-9-16/h5-11,13-14H,3-4,12H2,1-2H3,(H,23,31)(H,24,27)(H,25,28). The summed E-state index contributed by atoms with van der Waals surface area (Å²) in [6.07, 6.45) is 3.43. The van der Waals surface area contributed by atoms with Crippen molar-refractivity contribution in [1.82, 2.24) is 20.4 Å². The van der Waals surface area contributed by atoms with Crippen LogP contribution in [-0.4, -0.2) is 35.1 Å². The molecule has 0 aliphatic rings. The Labute approximate surface area is 185 Å². The van der Waals surface area contributed by atoms with Gasteiger partial charge in [-0.25, -0.2) is 0 Å². The van der Waals surface area contributed by atoms with Crippen molar-refractivity contribution in [3.05, 3.63) is 70.8 Å². The van der Waals surface area contributed by atoms with Crippen LogP contribution >= 0.6 is 12.2 Å². The van der Waals surface area contributed by atoms with Crippen molar-refractivity contribution in [3.63, 3.8) is 0 Å². The topological polar surface area (TPSA) is 97.4 Å². The van der Waals surface area contributed by atoms with E-state index >= 15 is 0 Å². The number of nitrogens with one attached hydrogen (secondary N) is 3. The predicted molar refractivity (Wildman–Crippen MR) is 119 cm³/mol. The number of nitrogens with zero attached hydrogens (tertiary/aromatic N) is 1. The first kappa shape index (κ1) is 22.1. The number of imidazole rings is 1. The van der Waals surface area contributed by atoms with Crippen LogP contribution in [0.25, 0.3) is 5.69 Å². The van der Waals surface area contributed by atoms with Crippen molar-refractivity contribution < 1.29 is 19.1 Å². The molecule has 2 amide bonds. The van der Waals surface area contributed by atoms with Gasteiger partial charge in [-0.05, 0) is 49.0 Å². The Morgan fingerprint density at radius 1 is 1.06 bits per heavy atom. The van der Waals surface area contributed by atoms with Gasteiger partial charge in [0.05, 0.1) is 13.7 Å². The summed E-state index contributed by atoms with van der Waals surface area (Å²) in [5.74, 6) is -0.00712. The fourth-order valence-electron chi connectivity index (χ4n) is 2.87. The average Bonchev–Trinajstić information content (AvgIpc) is 3.19. The van der Waals surface area contributed by atoms with Gasteiger partial charge in [0, 0.05) is 17.4 Å². The second kappa shape index (κ2) is 10.4. The zero-order valence-corrected chi connectivity index (χ0v) is 18.1. The molecule has 0 aliphatic carbocycles. The molecule has 0 spiro atoms. The normalized spacial score (nSPS) is 10.4. The number of hydrogen-bond donors (Lipinski definition) is 3. The summed E-state index contributed by atoms with van der Waals surface area (Å²) in [4.78, 5) is 28.0. The fraction of sp³-hybridized carbons (Fsp3) is 0.227. The molecule has 0 saturated heterocycles. The molecule has 1 heterocycles. The number of rotatable bonds is 8. The highest BCUT2D eigenvalue weighted by Gasteiger charge is 2.16. The quantitative estimate of drug-likeness (QED) is 0.281. The lowest BCUT2D eigenvalue weighted by atomic mass is 10.2. The van der Waals surface area contributed by atoms with Crippen LogP contribution < -0.4 is 20.3 Å². The molecule has 1 aromatic heterocycles. The summed E-state index contributed by atoms with van der Waals surface area (Å²) in [6.45, 7) is 2.64. The molecule has 31 heavy (non-hydrogen) atoms. The Morgan fingerprint density at radius 3 is 2.52 bits per heavy atom. The third kappa shape index (κ3) is 5.32. The maximum Gasteiger partial charge on any atom is 0.288 e. The molecule has 0 saturated carbocycles. The number of aromatic amines is 1. The second-order valence-corrected chi connectivity index (χ2v) is 7.01. The van der Waals surface area contributed by atoms with Crippen LogP contribution in [0.1, 0.15) is 40.6 Å². The summed E-state index contributed by atoms with van der Waals surface area (Å²) >= 11 is 5.28. The van der Waals surface area contributed by atoms with Crippen LogP contribution in [0.3, 0.4) is 0 Å². The lowest BCUT2D eigenvalue weighted by molar-refractivity contribution is 0.0842. The van der Waals surface area contributed by atoms with Gasteiger partial charge in [-0.3, -0.25) is 25.0 Å². The van der Waals surface area contributed by atoms with Crippen molar-refractivity contribution in [3.8, 4) is 17.2 Å². The molecule has 3 aromatic rings. The molecule has 0 radical (unpaired) electrons. The van der Waals surface area contributed by atoms with Gasteiger partial charge < -0.3 is 14.5 Å². The first-order valence-corrected chi connectivity index (χ1v) is 10.2. The number of H-pyrrole nitrogens is 1. The van der Waals surface area contributed by atoms with Gasteiger partial charge in [0.1, 0.15) is 5.69 Å².